The van der Waals surface area contributed by atoms with Gasteiger partial charge in [-0.25, -0.2) is 4.39 Å². The molecule has 0 aliphatic carbocycles. The lowest BCUT2D eigenvalue weighted by Gasteiger charge is -2.17. The zero-order chi connectivity index (χ0) is 19.7. The minimum atomic E-state index is -0.559. The molecule has 1 amide bonds. The second kappa shape index (κ2) is 7.42. The van der Waals surface area contributed by atoms with Crippen LogP contribution in [0.25, 0.3) is 0 Å². The van der Waals surface area contributed by atoms with Crippen LogP contribution in [-0.2, 0) is 0 Å². The van der Waals surface area contributed by atoms with Gasteiger partial charge in [-0.15, -0.1) is 0 Å². The van der Waals surface area contributed by atoms with Crippen molar-refractivity contribution in [3.8, 4) is 5.75 Å². The van der Waals surface area contributed by atoms with E-state index >= 15 is 0 Å². The molecule has 1 saturated heterocycles. The molecule has 2 aromatic carbocycles. The van der Waals surface area contributed by atoms with Crippen LogP contribution < -0.4 is 4.74 Å². The fraction of sp³-hybridized carbons (Fsp3) is 0.286. The second-order valence-corrected chi connectivity index (χ2v) is 6.86. The summed E-state index contributed by atoms with van der Waals surface area (Å²) in [4.78, 5) is 19.1. The highest BCUT2D eigenvalue weighted by Gasteiger charge is 2.40. The summed E-state index contributed by atoms with van der Waals surface area (Å²) >= 11 is 0. The summed E-state index contributed by atoms with van der Waals surface area (Å²) in [6.45, 7) is 2.68. The topological polar surface area (TPSA) is 68.5 Å². The molecule has 3 aromatic rings. The van der Waals surface area contributed by atoms with Gasteiger partial charge in [-0.05, 0) is 30.7 Å². The van der Waals surface area contributed by atoms with Crippen LogP contribution in [0.15, 0.2) is 53.1 Å². The van der Waals surface area contributed by atoms with E-state index in [-0.39, 0.29) is 29.1 Å². The number of carbonyl (C=O) groups excluding carboxylic acids is 1. The van der Waals surface area contributed by atoms with Gasteiger partial charge in [0.05, 0.1) is 13.0 Å². The first-order chi connectivity index (χ1) is 13.6. The lowest BCUT2D eigenvalue weighted by molar-refractivity contribution is 0.0787. The Labute approximate surface area is 161 Å². The Morgan fingerprint density at radius 2 is 1.93 bits per heavy atom. The third-order valence-corrected chi connectivity index (χ3v) is 5.09. The molecule has 2 heterocycles. The summed E-state index contributed by atoms with van der Waals surface area (Å²) < 4.78 is 24.4. The predicted octanol–water partition coefficient (Wildman–Crippen LogP) is 3.55. The molecule has 1 aromatic heterocycles. The molecule has 0 bridgehead atoms. The molecule has 0 spiro atoms. The fourth-order valence-electron chi connectivity index (χ4n) is 3.70. The van der Waals surface area contributed by atoms with Crippen LogP contribution in [0.2, 0.25) is 0 Å². The van der Waals surface area contributed by atoms with Crippen LogP contribution in [0.4, 0.5) is 4.39 Å². The molecule has 0 radical (unpaired) electrons. The maximum absolute atomic E-state index is 14.1. The van der Waals surface area contributed by atoms with E-state index in [4.69, 9.17) is 9.26 Å². The van der Waals surface area contributed by atoms with Gasteiger partial charge in [0.15, 0.2) is 17.4 Å². The molecule has 0 unspecified atom stereocenters. The van der Waals surface area contributed by atoms with Crippen LogP contribution in [0.3, 0.4) is 0 Å². The van der Waals surface area contributed by atoms with Crippen LogP contribution in [0.1, 0.15) is 39.5 Å². The third-order valence-electron chi connectivity index (χ3n) is 5.09. The van der Waals surface area contributed by atoms with Crippen molar-refractivity contribution in [2.75, 3.05) is 20.2 Å². The van der Waals surface area contributed by atoms with Crippen LogP contribution >= 0.6 is 0 Å². The smallest absolute Gasteiger partial charge is 0.254 e. The number of methoxy groups -OCH3 is 1. The molecule has 1 aliphatic heterocycles. The van der Waals surface area contributed by atoms with E-state index in [1.807, 2.05) is 30.3 Å². The van der Waals surface area contributed by atoms with Gasteiger partial charge >= 0.3 is 0 Å². The minimum absolute atomic E-state index is 0.0214. The first kappa shape index (κ1) is 18.2. The predicted molar refractivity (Wildman–Crippen MR) is 99.8 cm³/mol. The van der Waals surface area contributed by atoms with Gasteiger partial charge in [0.2, 0.25) is 5.89 Å². The van der Waals surface area contributed by atoms with Crippen LogP contribution in [-0.4, -0.2) is 41.1 Å². The summed E-state index contributed by atoms with van der Waals surface area (Å²) in [5, 5.41) is 3.90. The summed E-state index contributed by atoms with van der Waals surface area (Å²) in [5.41, 5.74) is 1.38. The van der Waals surface area contributed by atoms with Crippen molar-refractivity contribution in [2.45, 2.75) is 18.8 Å². The molecule has 4 rings (SSSR count). The molecule has 1 fully saturated rings. The number of aromatic nitrogens is 2. The maximum Gasteiger partial charge on any atom is 0.254 e. The van der Waals surface area contributed by atoms with Crippen LogP contribution in [0.5, 0.6) is 5.75 Å². The second-order valence-electron chi connectivity index (χ2n) is 6.86. The number of rotatable bonds is 4. The molecular formula is C21H20FN3O3. The standard InChI is InChI=1S/C21H20FN3O3/c1-13-23-20(28-24-13)17-12-25(11-16(17)14-6-4-3-5-7-14)21(26)15-8-9-19(27-2)18(22)10-15/h3-10,16-17H,11-12H2,1-2H3/t16-,17-/m0/s1. The Bertz CT molecular complexity index is 990. The number of benzene rings is 2. The van der Waals surface area contributed by atoms with Crippen molar-refractivity contribution in [1.82, 2.24) is 15.0 Å². The van der Waals surface area contributed by atoms with Gasteiger partial charge in [0, 0.05) is 24.6 Å². The average molecular weight is 381 g/mol. The molecule has 7 heteroatoms. The van der Waals surface area contributed by atoms with Crippen LogP contribution in [0, 0.1) is 12.7 Å². The summed E-state index contributed by atoms with van der Waals surface area (Å²) in [7, 11) is 1.39. The van der Waals surface area contributed by atoms with E-state index < -0.39 is 5.82 Å². The summed E-state index contributed by atoms with van der Waals surface area (Å²) in [5.74, 6) is 0.298. The number of hydrogen-bond acceptors (Lipinski definition) is 5. The normalized spacial score (nSPS) is 19.0. The van der Waals surface area contributed by atoms with Crippen molar-refractivity contribution in [3.05, 3.63) is 77.2 Å². The molecule has 1 aliphatic rings. The van der Waals surface area contributed by atoms with Crippen molar-refractivity contribution >= 4 is 5.91 Å². The molecule has 0 N–H and O–H groups in total. The number of carbonyl (C=O) groups is 1. The number of nitrogens with zero attached hydrogens (tertiary/aromatic N) is 3. The van der Waals surface area contributed by atoms with Gasteiger partial charge in [-0.2, -0.15) is 4.98 Å². The van der Waals surface area contributed by atoms with Crippen molar-refractivity contribution in [3.63, 3.8) is 0 Å². The molecular weight excluding hydrogens is 361 g/mol. The molecule has 0 saturated carbocycles. The van der Waals surface area contributed by atoms with E-state index in [0.29, 0.717) is 24.8 Å². The van der Waals surface area contributed by atoms with Crippen molar-refractivity contribution in [2.24, 2.45) is 0 Å². The van der Waals surface area contributed by atoms with Gasteiger partial charge in [-0.1, -0.05) is 35.5 Å². The number of aryl methyl sites for hydroxylation is 1. The Morgan fingerprint density at radius 1 is 1.18 bits per heavy atom. The number of ether oxygens (including phenoxy) is 1. The van der Waals surface area contributed by atoms with Crippen molar-refractivity contribution < 1.29 is 18.4 Å². The minimum Gasteiger partial charge on any atom is -0.494 e. The Morgan fingerprint density at radius 3 is 2.57 bits per heavy atom. The van der Waals surface area contributed by atoms with E-state index in [1.165, 1.54) is 19.2 Å². The highest BCUT2D eigenvalue weighted by atomic mass is 19.1. The quantitative estimate of drug-likeness (QED) is 0.691. The number of halogens is 1. The largest absolute Gasteiger partial charge is 0.494 e. The Balaban J connectivity index is 1.64. The first-order valence-corrected chi connectivity index (χ1v) is 9.04. The molecule has 144 valence electrons. The van der Waals surface area contributed by atoms with E-state index in [2.05, 4.69) is 10.1 Å². The molecule has 2 atom stereocenters. The Hall–Kier alpha value is -3.22. The average Bonchev–Trinajstić information content (AvgIpc) is 3.34. The first-order valence-electron chi connectivity index (χ1n) is 9.04. The van der Waals surface area contributed by atoms with E-state index in [9.17, 15) is 9.18 Å². The van der Waals surface area contributed by atoms with Gasteiger partial charge in [0.1, 0.15) is 0 Å². The highest BCUT2D eigenvalue weighted by molar-refractivity contribution is 5.94. The Kier molecular flexibility index (Phi) is 4.81. The third kappa shape index (κ3) is 3.35. The summed E-state index contributed by atoms with van der Waals surface area (Å²) in [6.07, 6.45) is 0. The monoisotopic (exact) mass is 381 g/mol. The number of likely N-dealkylation sites (tertiary alicyclic amines) is 1. The number of hydrogen-bond donors (Lipinski definition) is 0. The zero-order valence-corrected chi connectivity index (χ0v) is 15.6. The maximum atomic E-state index is 14.1. The van der Waals surface area contributed by atoms with Gasteiger partial charge in [0.25, 0.3) is 5.91 Å². The molecule has 28 heavy (non-hydrogen) atoms. The lowest BCUT2D eigenvalue weighted by Crippen LogP contribution is -2.29. The molecule has 6 nitrogen and oxygen atoms in total. The summed E-state index contributed by atoms with van der Waals surface area (Å²) in [6, 6.07) is 14.2. The fourth-order valence-corrected chi connectivity index (χ4v) is 3.70. The lowest BCUT2D eigenvalue weighted by atomic mass is 9.89. The number of amides is 1. The van der Waals surface area contributed by atoms with Gasteiger partial charge < -0.3 is 14.2 Å². The van der Waals surface area contributed by atoms with Crippen molar-refractivity contribution in [1.29, 1.82) is 0 Å². The SMILES string of the molecule is COc1ccc(C(=O)N2C[C@H](c3nc(C)no3)[C@H](c3ccccc3)C2)cc1F. The highest BCUT2D eigenvalue weighted by Crippen LogP contribution is 2.39. The van der Waals surface area contributed by atoms with E-state index in [0.717, 1.165) is 5.56 Å². The zero-order valence-electron chi connectivity index (χ0n) is 15.6. The van der Waals surface area contributed by atoms with Gasteiger partial charge in [-0.3, -0.25) is 4.79 Å². The van der Waals surface area contributed by atoms with E-state index in [1.54, 1.807) is 17.9 Å².